The van der Waals surface area contributed by atoms with E-state index in [1.807, 2.05) is 38.4 Å². The number of hydrogen-bond donors (Lipinski definition) is 1. The number of carbonyl (C=O) groups excluding carboxylic acids is 1. The second-order valence-electron chi connectivity index (χ2n) is 5.85. The van der Waals surface area contributed by atoms with Crippen LogP contribution in [0.5, 0.6) is 5.75 Å². The van der Waals surface area contributed by atoms with Gasteiger partial charge in [0.05, 0.1) is 6.61 Å². The molecule has 0 radical (unpaired) electrons. The SMILES string of the molecule is CCCCCCOc1ccc(C(=O)NCCCN(C)C)cc1. The van der Waals surface area contributed by atoms with Crippen LogP contribution in [-0.2, 0) is 0 Å². The number of carbonyl (C=O) groups is 1. The third-order valence-electron chi connectivity index (χ3n) is 3.45. The van der Waals surface area contributed by atoms with Crippen LogP contribution < -0.4 is 10.1 Å². The minimum Gasteiger partial charge on any atom is -0.494 e. The van der Waals surface area contributed by atoms with E-state index in [2.05, 4.69) is 17.1 Å². The first-order valence-electron chi connectivity index (χ1n) is 8.29. The summed E-state index contributed by atoms with van der Waals surface area (Å²) in [7, 11) is 4.06. The van der Waals surface area contributed by atoms with E-state index in [4.69, 9.17) is 4.74 Å². The molecule has 1 amide bonds. The number of rotatable bonds is 11. The molecule has 1 aromatic carbocycles. The summed E-state index contributed by atoms with van der Waals surface area (Å²) in [5, 5.41) is 2.93. The normalized spacial score (nSPS) is 10.7. The maximum Gasteiger partial charge on any atom is 0.251 e. The summed E-state index contributed by atoms with van der Waals surface area (Å²) in [6.07, 6.45) is 5.75. The summed E-state index contributed by atoms with van der Waals surface area (Å²) in [5.74, 6) is 0.814. The van der Waals surface area contributed by atoms with E-state index < -0.39 is 0 Å². The predicted molar refractivity (Wildman–Crippen MR) is 91.6 cm³/mol. The van der Waals surface area contributed by atoms with Crippen LogP contribution in [0.4, 0.5) is 0 Å². The van der Waals surface area contributed by atoms with Crippen LogP contribution in [0.2, 0.25) is 0 Å². The predicted octanol–water partition coefficient (Wildman–Crippen LogP) is 3.33. The molecule has 0 aromatic heterocycles. The Hall–Kier alpha value is -1.55. The van der Waals surface area contributed by atoms with Gasteiger partial charge < -0.3 is 15.0 Å². The quantitative estimate of drug-likeness (QED) is 0.638. The first-order chi connectivity index (χ1) is 10.6. The van der Waals surface area contributed by atoms with Gasteiger partial charge in [-0.3, -0.25) is 4.79 Å². The minimum absolute atomic E-state index is 0.0201. The van der Waals surface area contributed by atoms with Crippen LogP contribution in [0.25, 0.3) is 0 Å². The van der Waals surface area contributed by atoms with Gasteiger partial charge in [-0.15, -0.1) is 0 Å². The Bertz CT molecular complexity index is 416. The number of amides is 1. The third-order valence-corrected chi connectivity index (χ3v) is 3.45. The molecule has 0 heterocycles. The lowest BCUT2D eigenvalue weighted by Gasteiger charge is -2.10. The van der Waals surface area contributed by atoms with Gasteiger partial charge in [0.2, 0.25) is 0 Å². The van der Waals surface area contributed by atoms with E-state index >= 15 is 0 Å². The zero-order valence-electron chi connectivity index (χ0n) is 14.2. The molecule has 0 spiro atoms. The topological polar surface area (TPSA) is 41.6 Å². The van der Waals surface area contributed by atoms with Crippen molar-refractivity contribution in [3.63, 3.8) is 0 Å². The zero-order valence-corrected chi connectivity index (χ0v) is 14.2. The lowest BCUT2D eigenvalue weighted by atomic mass is 10.2. The van der Waals surface area contributed by atoms with Crippen LogP contribution in [0.1, 0.15) is 49.4 Å². The van der Waals surface area contributed by atoms with Gasteiger partial charge in [0.25, 0.3) is 5.91 Å². The Labute approximate surface area is 134 Å². The third kappa shape index (κ3) is 8.03. The molecule has 0 aliphatic carbocycles. The van der Waals surface area contributed by atoms with Gasteiger partial charge in [-0.25, -0.2) is 0 Å². The summed E-state index contributed by atoms with van der Waals surface area (Å²) >= 11 is 0. The molecule has 0 atom stereocenters. The van der Waals surface area contributed by atoms with E-state index in [0.29, 0.717) is 12.1 Å². The Balaban J connectivity index is 2.26. The number of hydrogen-bond acceptors (Lipinski definition) is 3. The molecule has 22 heavy (non-hydrogen) atoms. The van der Waals surface area contributed by atoms with Crippen molar-refractivity contribution < 1.29 is 9.53 Å². The highest BCUT2D eigenvalue weighted by atomic mass is 16.5. The van der Waals surface area contributed by atoms with Gasteiger partial charge in [-0.1, -0.05) is 26.2 Å². The summed E-state index contributed by atoms with van der Waals surface area (Å²) in [4.78, 5) is 14.1. The highest BCUT2D eigenvalue weighted by Gasteiger charge is 2.05. The van der Waals surface area contributed by atoms with E-state index in [1.165, 1.54) is 19.3 Å². The van der Waals surface area contributed by atoms with E-state index in [-0.39, 0.29) is 5.91 Å². The Morgan fingerprint density at radius 1 is 1.09 bits per heavy atom. The standard InChI is InChI=1S/C18H30N2O2/c1-4-5-6-7-15-22-17-11-9-16(10-12-17)18(21)19-13-8-14-20(2)3/h9-12H,4-8,13-15H2,1-3H3,(H,19,21). The fourth-order valence-corrected chi connectivity index (χ4v) is 2.12. The van der Waals surface area contributed by atoms with Gasteiger partial charge in [-0.2, -0.15) is 0 Å². The molecule has 0 saturated heterocycles. The molecule has 1 N–H and O–H groups in total. The molecule has 0 bridgehead atoms. The average Bonchev–Trinajstić information content (AvgIpc) is 2.51. The van der Waals surface area contributed by atoms with Crippen molar-refractivity contribution in [1.82, 2.24) is 10.2 Å². The van der Waals surface area contributed by atoms with Crippen LogP contribution in [0.3, 0.4) is 0 Å². The Kier molecular flexibility index (Phi) is 9.31. The number of benzene rings is 1. The number of ether oxygens (including phenoxy) is 1. The fourth-order valence-electron chi connectivity index (χ4n) is 2.12. The Morgan fingerprint density at radius 2 is 1.82 bits per heavy atom. The van der Waals surface area contributed by atoms with Crippen LogP contribution >= 0.6 is 0 Å². The second kappa shape index (κ2) is 11.1. The van der Waals surface area contributed by atoms with Crippen molar-refractivity contribution in [2.75, 3.05) is 33.8 Å². The maximum atomic E-state index is 12.0. The molecule has 0 saturated carbocycles. The molecule has 4 heteroatoms. The molecule has 4 nitrogen and oxygen atoms in total. The number of nitrogens with zero attached hydrogens (tertiary/aromatic N) is 1. The number of unbranched alkanes of at least 4 members (excludes halogenated alkanes) is 3. The summed E-state index contributed by atoms with van der Waals surface area (Å²) in [5.41, 5.74) is 0.684. The number of nitrogens with one attached hydrogen (secondary N) is 1. The fraction of sp³-hybridized carbons (Fsp3) is 0.611. The van der Waals surface area contributed by atoms with Crippen molar-refractivity contribution in [3.8, 4) is 5.75 Å². The highest BCUT2D eigenvalue weighted by Crippen LogP contribution is 2.13. The van der Waals surface area contributed by atoms with Gasteiger partial charge >= 0.3 is 0 Å². The van der Waals surface area contributed by atoms with Crippen molar-refractivity contribution in [3.05, 3.63) is 29.8 Å². The molecule has 0 fully saturated rings. The molecule has 1 aromatic rings. The van der Waals surface area contributed by atoms with Crippen molar-refractivity contribution in [2.24, 2.45) is 0 Å². The van der Waals surface area contributed by atoms with Gasteiger partial charge in [-0.05, 0) is 57.7 Å². The largest absolute Gasteiger partial charge is 0.494 e. The smallest absolute Gasteiger partial charge is 0.251 e. The zero-order chi connectivity index (χ0) is 16.2. The highest BCUT2D eigenvalue weighted by molar-refractivity contribution is 5.94. The molecule has 0 unspecified atom stereocenters. The van der Waals surface area contributed by atoms with Gasteiger partial charge in [0.15, 0.2) is 0 Å². The monoisotopic (exact) mass is 306 g/mol. The Morgan fingerprint density at radius 3 is 2.45 bits per heavy atom. The van der Waals surface area contributed by atoms with Gasteiger partial charge in [0.1, 0.15) is 5.75 Å². The molecule has 124 valence electrons. The molecule has 0 aliphatic rings. The summed E-state index contributed by atoms with van der Waals surface area (Å²) in [6.45, 7) is 4.62. The van der Waals surface area contributed by atoms with Crippen molar-refractivity contribution in [1.29, 1.82) is 0 Å². The van der Waals surface area contributed by atoms with E-state index in [9.17, 15) is 4.79 Å². The molecular formula is C18H30N2O2. The van der Waals surface area contributed by atoms with Crippen LogP contribution in [0.15, 0.2) is 24.3 Å². The molecular weight excluding hydrogens is 276 g/mol. The maximum absolute atomic E-state index is 12.0. The van der Waals surface area contributed by atoms with Crippen LogP contribution in [0, 0.1) is 0 Å². The van der Waals surface area contributed by atoms with Gasteiger partial charge in [0, 0.05) is 12.1 Å². The lowest BCUT2D eigenvalue weighted by Crippen LogP contribution is -2.27. The van der Waals surface area contributed by atoms with Crippen molar-refractivity contribution >= 4 is 5.91 Å². The first kappa shape index (κ1) is 18.5. The summed E-state index contributed by atoms with van der Waals surface area (Å²) in [6, 6.07) is 7.38. The minimum atomic E-state index is -0.0201. The molecule has 0 aliphatic heterocycles. The van der Waals surface area contributed by atoms with E-state index in [1.54, 1.807) is 0 Å². The first-order valence-corrected chi connectivity index (χ1v) is 8.29. The molecule has 1 rings (SSSR count). The second-order valence-corrected chi connectivity index (χ2v) is 5.85. The summed E-state index contributed by atoms with van der Waals surface area (Å²) < 4.78 is 5.67. The lowest BCUT2D eigenvalue weighted by molar-refractivity contribution is 0.0952. The van der Waals surface area contributed by atoms with Crippen molar-refractivity contribution in [2.45, 2.75) is 39.0 Å². The van der Waals surface area contributed by atoms with E-state index in [0.717, 1.165) is 31.7 Å². The average molecular weight is 306 g/mol. The van der Waals surface area contributed by atoms with Crippen LogP contribution in [-0.4, -0.2) is 44.6 Å².